The number of benzene rings is 1. The van der Waals surface area contributed by atoms with Gasteiger partial charge in [-0.05, 0) is 24.6 Å². The molecule has 1 N–H and O–H groups in total. The van der Waals surface area contributed by atoms with E-state index < -0.39 is 15.7 Å². The normalized spacial score (nSPS) is 22.1. The number of ketones is 1. The third-order valence-electron chi connectivity index (χ3n) is 3.23. The van der Waals surface area contributed by atoms with Crippen LogP contribution in [-0.4, -0.2) is 38.3 Å². The molecule has 104 valence electrons. The van der Waals surface area contributed by atoms with E-state index in [0.717, 1.165) is 0 Å². The highest BCUT2D eigenvalue weighted by molar-refractivity contribution is 7.91. The predicted molar refractivity (Wildman–Crippen MR) is 70.5 cm³/mol. The molecular formula is C13H16FNO3S. The zero-order valence-electron chi connectivity index (χ0n) is 10.6. The predicted octanol–water partition coefficient (Wildman–Crippen LogP) is 1.09. The second-order valence-electron chi connectivity index (χ2n) is 4.85. The van der Waals surface area contributed by atoms with Gasteiger partial charge in [-0.3, -0.25) is 4.79 Å². The average Bonchev–Trinajstić information content (AvgIpc) is 2.31. The summed E-state index contributed by atoms with van der Waals surface area (Å²) in [5, 5.41) is 3.02. The number of carbonyl (C=O) groups is 1. The quantitative estimate of drug-likeness (QED) is 0.845. The molecule has 1 fully saturated rings. The van der Waals surface area contributed by atoms with E-state index in [1.165, 1.54) is 12.1 Å². The Kier molecular flexibility index (Phi) is 4.01. The maximum absolute atomic E-state index is 13.1. The highest BCUT2D eigenvalue weighted by atomic mass is 32.2. The minimum Gasteiger partial charge on any atom is -0.312 e. The van der Waals surface area contributed by atoms with Gasteiger partial charge in [0.15, 0.2) is 15.6 Å². The lowest BCUT2D eigenvalue weighted by Gasteiger charge is -2.23. The molecule has 1 saturated heterocycles. The van der Waals surface area contributed by atoms with Gasteiger partial charge in [0.1, 0.15) is 5.82 Å². The molecule has 19 heavy (non-hydrogen) atoms. The Balaban J connectivity index is 2.11. The molecule has 1 heterocycles. The van der Waals surface area contributed by atoms with E-state index in [1.54, 1.807) is 13.0 Å². The maximum Gasteiger partial charge on any atom is 0.164 e. The first-order chi connectivity index (χ1) is 8.87. The van der Waals surface area contributed by atoms with Crippen LogP contribution in [0, 0.1) is 12.7 Å². The van der Waals surface area contributed by atoms with Crippen LogP contribution in [0.1, 0.15) is 22.3 Å². The Morgan fingerprint density at radius 3 is 2.89 bits per heavy atom. The van der Waals surface area contributed by atoms with Gasteiger partial charge in [0.05, 0.1) is 11.5 Å². The van der Waals surface area contributed by atoms with Gasteiger partial charge < -0.3 is 5.32 Å². The van der Waals surface area contributed by atoms with Crippen molar-refractivity contribution in [2.24, 2.45) is 0 Å². The summed E-state index contributed by atoms with van der Waals surface area (Å²) in [4.78, 5) is 12.1. The number of rotatable bonds is 3. The van der Waals surface area contributed by atoms with E-state index in [0.29, 0.717) is 17.7 Å². The van der Waals surface area contributed by atoms with Gasteiger partial charge in [0.2, 0.25) is 0 Å². The highest BCUT2D eigenvalue weighted by Gasteiger charge is 2.26. The fourth-order valence-corrected chi connectivity index (χ4v) is 3.67. The molecule has 1 aliphatic heterocycles. The number of hydrogen-bond acceptors (Lipinski definition) is 4. The van der Waals surface area contributed by atoms with Gasteiger partial charge in [-0.2, -0.15) is 0 Å². The third kappa shape index (κ3) is 3.61. The zero-order chi connectivity index (χ0) is 14.0. The lowest BCUT2D eigenvalue weighted by atomic mass is 10.00. The lowest BCUT2D eigenvalue weighted by Crippen LogP contribution is -2.46. The Morgan fingerprint density at radius 1 is 1.47 bits per heavy atom. The van der Waals surface area contributed by atoms with Crippen molar-refractivity contribution in [3.8, 4) is 0 Å². The molecule has 0 aromatic heterocycles. The Morgan fingerprint density at radius 2 is 2.21 bits per heavy atom. The molecule has 1 unspecified atom stereocenters. The standard InChI is InChI=1S/C13H16FNO3S/c1-9-2-3-10(14)6-12(9)13(16)7-11-8-19(17,18)5-4-15-11/h2-3,6,11,15H,4-5,7-8H2,1H3. The Labute approximate surface area is 111 Å². The van der Waals surface area contributed by atoms with Crippen LogP contribution in [0.4, 0.5) is 4.39 Å². The van der Waals surface area contributed by atoms with Crippen LogP contribution in [0.5, 0.6) is 0 Å². The lowest BCUT2D eigenvalue weighted by molar-refractivity contribution is 0.0970. The summed E-state index contributed by atoms with van der Waals surface area (Å²) < 4.78 is 36.1. The molecule has 4 nitrogen and oxygen atoms in total. The van der Waals surface area contributed by atoms with Gasteiger partial charge in [0, 0.05) is 24.6 Å². The monoisotopic (exact) mass is 285 g/mol. The number of sulfone groups is 1. The molecule has 0 radical (unpaired) electrons. The van der Waals surface area contributed by atoms with E-state index in [9.17, 15) is 17.6 Å². The fraction of sp³-hybridized carbons (Fsp3) is 0.462. The van der Waals surface area contributed by atoms with Gasteiger partial charge in [-0.15, -0.1) is 0 Å². The highest BCUT2D eigenvalue weighted by Crippen LogP contribution is 2.15. The molecule has 0 spiro atoms. The summed E-state index contributed by atoms with van der Waals surface area (Å²) in [5.74, 6) is -0.617. The maximum atomic E-state index is 13.1. The molecule has 2 rings (SSSR count). The largest absolute Gasteiger partial charge is 0.312 e. The van der Waals surface area contributed by atoms with Gasteiger partial charge >= 0.3 is 0 Å². The number of nitrogens with one attached hydrogen (secondary N) is 1. The van der Waals surface area contributed by atoms with E-state index in [1.807, 2.05) is 0 Å². The summed E-state index contributed by atoms with van der Waals surface area (Å²) in [7, 11) is -3.07. The van der Waals surface area contributed by atoms with E-state index in [-0.39, 0.29) is 29.8 Å². The molecule has 0 aliphatic carbocycles. The van der Waals surface area contributed by atoms with Crippen molar-refractivity contribution in [3.63, 3.8) is 0 Å². The van der Waals surface area contributed by atoms with Crippen molar-refractivity contribution >= 4 is 15.6 Å². The molecule has 1 atom stereocenters. The molecular weight excluding hydrogens is 269 g/mol. The van der Waals surface area contributed by atoms with Crippen molar-refractivity contribution in [2.45, 2.75) is 19.4 Å². The number of Topliss-reactive ketones (excluding diaryl/α,β-unsaturated/α-hetero) is 1. The smallest absolute Gasteiger partial charge is 0.164 e. The second-order valence-corrected chi connectivity index (χ2v) is 7.08. The van der Waals surface area contributed by atoms with Gasteiger partial charge in [-0.25, -0.2) is 12.8 Å². The molecule has 0 amide bonds. The van der Waals surface area contributed by atoms with E-state index in [4.69, 9.17) is 0 Å². The van der Waals surface area contributed by atoms with Crippen LogP contribution in [0.2, 0.25) is 0 Å². The molecule has 1 aromatic carbocycles. The topological polar surface area (TPSA) is 63.2 Å². The molecule has 1 aliphatic rings. The van der Waals surface area contributed by atoms with Crippen LogP contribution in [0.3, 0.4) is 0 Å². The average molecular weight is 285 g/mol. The summed E-state index contributed by atoms with van der Waals surface area (Å²) >= 11 is 0. The van der Waals surface area contributed by atoms with Crippen LogP contribution in [-0.2, 0) is 9.84 Å². The Bertz CT molecular complexity index is 598. The summed E-state index contributed by atoms with van der Waals surface area (Å²) in [6, 6.07) is 3.67. The minimum atomic E-state index is -3.07. The van der Waals surface area contributed by atoms with Crippen LogP contribution in [0.25, 0.3) is 0 Å². The number of aryl methyl sites for hydroxylation is 1. The van der Waals surface area contributed by atoms with E-state index in [2.05, 4.69) is 5.32 Å². The van der Waals surface area contributed by atoms with Crippen LogP contribution in [0.15, 0.2) is 18.2 Å². The van der Waals surface area contributed by atoms with E-state index >= 15 is 0 Å². The fourth-order valence-electron chi connectivity index (χ4n) is 2.23. The summed E-state index contributed by atoms with van der Waals surface area (Å²) in [6.45, 7) is 2.10. The minimum absolute atomic E-state index is 0.0346. The molecule has 0 saturated carbocycles. The molecule has 6 heteroatoms. The summed E-state index contributed by atoms with van der Waals surface area (Å²) in [6.07, 6.45) is 0.0729. The molecule has 0 bridgehead atoms. The number of hydrogen-bond donors (Lipinski definition) is 1. The molecule has 1 aromatic rings. The SMILES string of the molecule is Cc1ccc(F)cc1C(=O)CC1CS(=O)(=O)CCN1. The first-order valence-corrected chi connectivity index (χ1v) is 7.93. The Hall–Kier alpha value is -1.27. The second kappa shape index (κ2) is 5.38. The van der Waals surface area contributed by atoms with Gasteiger partial charge in [0.25, 0.3) is 0 Å². The van der Waals surface area contributed by atoms with Crippen molar-refractivity contribution in [1.82, 2.24) is 5.32 Å². The van der Waals surface area contributed by atoms with Crippen molar-refractivity contribution < 1.29 is 17.6 Å². The first kappa shape index (κ1) is 14.1. The van der Waals surface area contributed by atoms with Crippen molar-refractivity contribution in [3.05, 3.63) is 35.1 Å². The van der Waals surface area contributed by atoms with Crippen LogP contribution < -0.4 is 5.32 Å². The number of halogens is 1. The summed E-state index contributed by atoms with van der Waals surface area (Å²) in [5.41, 5.74) is 1.02. The first-order valence-electron chi connectivity index (χ1n) is 6.10. The number of carbonyl (C=O) groups excluding carboxylic acids is 1. The third-order valence-corrected chi connectivity index (χ3v) is 4.97. The van der Waals surface area contributed by atoms with Crippen molar-refractivity contribution in [2.75, 3.05) is 18.1 Å². The van der Waals surface area contributed by atoms with Crippen molar-refractivity contribution in [1.29, 1.82) is 0 Å². The zero-order valence-corrected chi connectivity index (χ0v) is 11.5. The van der Waals surface area contributed by atoms with Gasteiger partial charge in [-0.1, -0.05) is 6.07 Å². The van der Waals surface area contributed by atoms with Crippen LogP contribution >= 0.6 is 0 Å².